The SMILES string of the molecule is CC(=O)CC(=O)OC(C)C.CC[O][AlH][O]CC. The van der Waals surface area contributed by atoms with E-state index in [4.69, 9.17) is 12.3 Å². The molecule has 0 atom stereocenters. The average Bonchev–Trinajstić information content (AvgIpc) is 2.16. The van der Waals surface area contributed by atoms with Gasteiger partial charge >= 0.3 is 21.9 Å². The second kappa shape index (κ2) is 13.7. The molecule has 0 aliphatic rings. The number of esters is 1. The second-order valence-electron chi connectivity index (χ2n) is 3.52. The third-order valence-corrected chi connectivity index (χ3v) is 2.49. The van der Waals surface area contributed by atoms with Crippen LogP contribution < -0.4 is 0 Å². The summed E-state index contributed by atoms with van der Waals surface area (Å²) in [6.07, 6.45) is -0.245. The zero-order valence-corrected chi connectivity index (χ0v) is 12.9. The van der Waals surface area contributed by atoms with Gasteiger partial charge in [-0.3, -0.25) is 9.59 Å². The fourth-order valence-electron chi connectivity index (χ4n) is 0.733. The van der Waals surface area contributed by atoms with Crippen molar-refractivity contribution < 1.29 is 21.9 Å². The Hall–Kier alpha value is -0.408. The lowest BCUT2D eigenvalue weighted by Gasteiger charge is -2.05. The summed E-state index contributed by atoms with van der Waals surface area (Å²) >= 11 is -0.589. The summed E-state index contributed by atoms with van der Waals surface area (Å²) in [6, 6.07) is 0. The molecule has 0 unspecified atom stereocenters. The lowest BCUT2D eigenvalue weighted by molar-refractivity contribution is -0.149. The predicted octanol–water partition coefficient (Wildman–Crippen LogP) is 1.24. The van der Waals surface area contributed by atoms with Crippen LogP contribution in [-0.2, 0) is 21.9 Å². The van der Waals surface area contributed by atoms with Gasteiger partial charge < -0.3 is 12.3 Å². The van der Waals surface area contributed by atoms with E-state index in [1.54, 1.807) is 13.8 Å². The molecular weight excluding hydrogens is 239 g/mol. The molecule has 0 N–H and O–H groups in total. The summed E-state index contributed by atoms with van der Waals surface area (Å²) in [5.41, 5.74) is 0. The number of hydrogen-bond donors (Lipinski definition) is 0. The summed E-state index contributed by atoms with van der Waals surface area (Å²) < 4.78 is 14.7. The van der Waals surface area contributed by atoms with E-state index in [0.717, 1.165) is 13.2 Å². The van der Waals surface area contributed by atoms with Crippen molar-refractivity contribution in [1.82, 2.24) is 0 Å². The van der Waals surface area contributed by atoms with Crippen LogP contribution in [0, 0.1) is 0 Å². The fourth-order valence-corrected chi connectivity index (χ4v) is 1.18. The molecule has 0 aromatic carbocycles. The second-order valence-corrected chi connectivity index (χ2v) is 4.57. The van der Waals surface area contributed by atoms with Crippen molar-refractivity contribution in [3.05, 3.63) is 0 Å². The van der Waals surface area contributed by atoms with Crippen LogP contribution in [-0.4, -0.2) is 47.0 Å². The predicted molar refractivity (Wildman–Crippen MR) is 66.9 cm³/mol. The van der Waals surface area contributed by atoms with E-state index in [1.165, 1.54) is 6.92 Å². The maximum atomic E-state index is 10.6. The number of ether oxygens (including phenoxy) is 1. The summed E-state index contributed by atoms with van der Waals surface area (Å²) in [5.74, 6) is -0.604. The van der Waals surface area contributed by atoms with Gasteiger partial charge in [-0.15, -0.1) is 0 Å². The minimum absolute atomic E-state index is 0.113. The van der Waals surface area contributed by atoms with Crippen molar-refractivity contribution >= 4 is 27.6 Å². The molecule has 100 valence electrons. The van der Waals surface area contributed by atoms with E-state index in [1.807, 2.05) is 13.8 Å². The average molecular weight is 262 g/mol. The minimum Gasteiger partial charge on any atom is -0.481 e. The van der Waals surface area contributed by atoms with E-state index < -0.39 is 21.9 Å². The molecule has 0 spiro atoms. The largest absolute Gasteiger partial charge is 0.649 e. The standard InChI is InChI=1S/C7H12O3.2C2H5O.Al.H/c1-5(2)10-7(9)4-6(3)8;2*1-2-3;;/h5H,4H2,1-3H3;2*2H2,1H3;;/q;2*-1;+2;. The van der Waals surface area contributed by atoms with Gasteiger partial charge in [-0.1, -0.05) is 0 Å². The highest BCUT2D eigenvalue weighted by atomic mass is 27.2. The first-order chi connectivity index (χ1) is 7.93. The van der Waals surface area contributed by atoms with E-state index in [2.05, 4.69) is 0 Å². The number of carbonyl (C=O) groups excluding carboxylic acids is 2. The Bertz CT molecular complexity index is 202. The molecule has 0 saturated carbocycles. The molecule has 17 heavy (non-hydrogen) atoms. The van der Waals surface area contributed by atoms with Crippen molar-refractivity contribution in [3.8, 4) is 0 Å². The number of rotatable bonds is 7. The molecule has 0 aromatic rings. The smallest absolute Gasteiger partial charge is 0.481 e. The van der Waals surface area contributed by atoms with Crippen molar-refractivity contribution in [2.24, 2.45) is 0 Å². The first kappa shape index (κ1) is 18.9. The zero-order valence-electron chi connectivity index (χ0n) is 11.4. The fraction of sp³-hybridized carbons (Fsp3) is 0.818. The van der Waals surface area contributed by atoms with Gasteiger partial charge in [0, 0.05) is 13.2 Å². The van der Waals surface area contributed by atoms with Gasteiger partial charge in [-0.05, 0) is 34.6 Å². The highest BCUT2D eigenvalue weighted by Gasteiger charge is 2.07. The molecular formula is C11H23AlO5. The summed E-state index contributed by atoms with van der Waals surface area (Å²) in [7, 11) is 0. The summed E-state index contributed by atoms with van der Waals surface area (Å²) in [4.78, 5) is 21.0. The Morgan fingerprint density at radius 2 is 1.59 bits per heavy atom. The summed E-state index contributed by atoms with van der Waals surface area (Å²) in [6.45, 7) is 10.4. The number of carbonyl (C=O) groups is 2. The van der Waals surface area contributed by atoms with E-state index in [9.17, 15) is 9.59 Å². The Morgan fingerprint density at radius 3 is 1.88 bits per heavy atom. The molecule has 0 heterocycles. The Morgan fingerprint density at radius 1 is 1.12 bits per heavy atom. The van der Waals surface area contributed by atoms with Crippen molar-refractivity contribution in [1.29, 1.82) is 0 Å². The Labute approximate surface area is 110 Å². The van der Waals surface area contributed by atoms with Crippen LogP contribution in [0.1, 0.15) is 41.0 Å². The van der Waals surface area contributed by atoms with E-state index in [0.29, 0.717) is 0 Å². The molecule has 0 radical (unpaired) electrons. The van der Waals surface area contributed by atoms with Crippen molar-refractivity contribution in [3.63, 3.8) is 0 Å². The molecule has 0 amide bonds. The van der Waals surface area contributed by atoms with Crippen LogP contribution in [0.25, 0.3) is 0 Å². The topological polar surface area (TPSA) is 61.8 Å². The van der Waals surface area contributed by atoms with Crippen molar-refractivity contribution in [2.75, 3.05) is 13.2 Å². The normalized spacial score (nSPS) is 9.29. The van der Waals surface area contributed by atoms with Gasteiger partial charge in [0.2, 0.25) is 0 Å². The highest BCUT2D eigenvalue weighted by Crippen LogP contribution is 1.93. The maximum Gasteiger partial charge on any atom is 0.649 e. The van der Waals surface area contributed by atoms with E-state index >= 15 is 0 Å². The van der Waals surface area contributed by atoms with Crippen LogP contribution in [0.3, 0.4) is 0 Å². The van der Waals surface area contributed by atoms with Gasteiger partial charge in [0.1, 0.15) is 12.2 Å². The molecule has 0 aromatic heterocycles. The number of hydrogen-bond acceptors (Lipinski definition) is 5. The highest BCUT2D eigenvalue weighted by molar-refractivity contribution is 6.17. The summed E-state index contributed by atoms with van der Waals surface area (Å²) in [5, 5.41) is 0. The molecule has 0 saturated heterocycles. The molecule has 0 bridgehead atoms. The third-order valence-electron chi connectivity index (χ3n) is 1.34. The lowest BCUT2D eigenvalue weighted by Crippen LogP contribution is -2.13. The molecule has 0 aliphatic carbocycles. The molecule has 5 nitrogen and oxygen atoms in total. The van der Waals surface area contributed by atoms with Crippen molar-refractivity contribution in [2.45, 2.75) is 47.1 Å². The Balaban J connectivity index is 0. The number of ketones is 1. The molecule has 0 aliphatic heterocycles. The van der Waals surface area contributed by atoms with Gasteiger partial charge in [0.15, 0.2) is 0 Å². The lowest BCUT2D eigenvalue weighted by atomic mass is 10.3. The maximum absolute atomic E-state index is 10.6. The molecule has 0 fully saturated rings. The van der Waals surface area contributed by atoms with Gasteiger partial charge in [-0.25, -0.2) is 0 Å². The van der Waals surface area contributed by atoms with Crippen LogP contribution in [0.2, 0.25) is 0 Å². The zero-order chi connectivity index (χ0) is 13.7. The van der Waals surface area contributed by atoms with Crippen LogP contribution in [0.5, 0.6) is 0 Å². The van der Waals surface area contributed by atoms with Crippen LogP contribution in [0.4, 0.5) is 0 Å². The number of Topliss-reactive ketones (excluding diaryl/α,β-unsaturated/α-hetero) is 1. The van der Waals surface area contributed by atoms with Crippen LogP contribution in [0.15, 0.2) is 0 Å². The molecule has 6 heteroatoms. The first-order valence-corrected chi connectivity index (χ1v) is 6.93. The minimum atomic E-state index is -0.589. The van der Waals surface area contributed by atoms with Gasteiger partial charge in [0.05, 0.1) is 6.10 Å². The van der Waals surface area contributed by atoms with Gasteiger partial charge in [-0.2, -0.15) is 0 Å². The van der Waals surface area contributed by atoms with Gasteiger partial charge in [0.25, 0.3) is 0 Å². The first-order valence-electron chi connectivity index (χ1n) is 5.78. The van der Waals surface area contributed by atoms with Crippen LogP contribution >= 0.6 is 0 Å². The Kier molecular flexibility index (Phi) is 15.2. The van der Waals surface area contributed by atoms with E-state index in [-0.39, 0.29) is 18.3 Å². The molecule has 0 rings (SSSR count). The quantitative estimate of drug-likeness (QED) is 0.299. The third kappa shape index (κ3) is 21.4. The monoisotopic (exact) mass is 262 g/mol.